The van der Waals surface area contributed by atoms with Gasteiger partial charge in [0.05, 0.1) is 11.0 Å². The Balaban J connectivity index is 1.17. The lowest BCUT2D eigenvalue weighted by atomic mass is 10.0. The zero-order chi connectivity index (χ0) is 37.5. The van der Waals surface area contributed by atoms with E-state index < -0.39 is 0 Å². The second kappa shape index (κ2) is 12.8. The van der Waals surface area contributed by atoms with Gasteiger partial charge in [0.25, 0.3) is 0 Å². The number of para-hydroxylation sites is 2. The monoisotopic (exact) mass is 762 g/mol. The molecule has 266 valence electrons. The zero-order valence-corrected chi connectivity index (χ0v) is 32.1. The molecule has 57 heavy (non-hydrogen) atoms. The number of thiophene rings is 2. The van der Waals surface area contributed by atoms with Crippen LogP contribution in [0.5, 0.6) is 0 Å². The van der Waals surface area contributed by atoms with E-state index in [9.17, 15) is 0 Å². The van der Waals surface area contributed by atoms with E-state index in [1.54, 1.807) is 11.3 Å². The summed E-state index contributed by atoms with van der Waals surface area (Å²) in [6, 6.07) is 65.0. The number of nitrogens with zero attached hydrogens (tertiary/aromatic N) is 4. The van der Waals surface area contributed by atoms with E-state index in [2.05, 4.69) is 168 Å². The van der Waals surface area contributed by atoms with Gasteiger partial charge < -0.3 is 4.57 Å². The lowest BCUT2D eigenvalue weighted by molar-refractivity contribution is 1.08. The maximum Gasteiger partial charge on any atom is 0.165 e. The van der Waals surface area contributed by atoms with Crippen LogP contribution in [-0.2, 0) is 0 Å². The van der Waals surface area contributed by atoms with Gasteiger partial charge in [-0.2, -0.15) is 0 Å². The summed E-state index contributed by atoms with van der Waals surface area (Å²) < 4.78 is 7.29. The van der Waals surface area contributed by atoms with E-state index in [0.29, 0.717) is 17.5 Å². The number of benzene rings is 8. The average Bonchev–Trinajstić information content (AvgIpc) is 3.95. The van der Waals surface area contributed by atoms with Crippen molar-refractivity contribution in [2.24, 2.45) is 0 Å². The minimum Gasteiger partial charge on any atom is -0.309 e. The molecule has 0 aliphatic carbocycles. The highest BCUT2D eigenvalue weighted by Crippen LogP contribution is 2.44. The van der Waals surface area contributed by atoms with Crippen LogP contribution in [0.1, 0.15) is 0 Å². The molecule has 0 fully saturated rings. The van der Waals surface area contributed by atoms with Crippen molar-refractivity contribution in [3.05, 3.63) is 182 Å². The minimum absolute atomic E-state index is 0.647. The van der Waals surface area contributed by atoms with Gasteiger partial charge in [-0.05, 0) is 71.8 Å². The molecule has 0 aliphatic heterocycles. The van der Waals surface area contributed by atoms with Crippen LogP contribution in [-0.4, -0.2) is 19.5 Å². The predicted molar refractivity (Wildman–Crippen MR) is 242 cm³/mol. The lowest BCUT2D eigenvalue weighted by Gasteiger charge is -2.13. The third-order valence-corrected chi connectivity index (χ3v) is 13.4. The standard InChI is InChI=1S/C51H30N4S2/c1-3-13-31(14-4-1)33-23-25-47-40(27-33)41-29-35(55-43-20-10-7-17-36(43)37-18-8-11-21-44(37)55)30-42(48(41)57-47)51-53-49(32-15-5-2-6-16-32)52-50(54-51)34-24-26-46-39(28-34)38-19-9-12-22-45(38)56-46/h1-30H. The molecule has 4 nitrogen and oxygen atoms in total. The fourth-order valence-electron chi connectivity index (χ4n) is 8.38. The highest BCUT2D eigenvalue weighted by Gasteiger charge is 2.21. The molecule has 12 rings (SSSR count). The van der Waals surface area contributed by atoms with Gasteiger partial charge in [-0.3, -0.25) is 0 Å². The molecule has 0 saturated heterocycles. The summed E-state index contributed by atoms with van der Waals surface area (Å²) in [5.41, 5.74) is 8.66. The third-order valence-electron chi connectivity index (χ3n) is 11.0. The van der Waals surface area contributed by atoms with E-state index in [1.807, 2.05) is 29.5 Å². The number of fused-ring (bicyclic) bond motifs is 9. The fourth-order valence-corrected chi connectivity index (χ4v) is 10.6. The Morgan fingerprint density at radius 1 is 0.333 bits per heavy atom. The second-order valence-electron chi connectivity index (χ2n) is 14.4. The van der Waals surface area contributed by atoms with Gasteiger partial charge >= 0.3 is 0 Å². The molecule has 0 N–H and O–H groups in total. The van der Waals surface area contributed by atoms with Crippen molar-refractivity contribution in [1.29, 1.82) is 0 Å². The Morgan fingerprint density at radius 2 is 0.860 bits per heavy atom. The second-order valence-corrected chi connectivity index (χ2v) is 16.5. The van der Waals surface area contributed by atoms with Gasteiger partial charge in [0, 0.05) is 73.5 Å². The zero-order valence-electron chi connectivity index (χ0n) is 30.4. The number of rotatable bonds is 5. The van der Waals surface area contributed by atoms with Gasteiger partial charge in [-0.1, -0.05) is 121 Å². The molecule has 6 heteroatoms. The van der Waals surface area contributed by atoms with E-state index >= 15 is 0 Å². The van der Waals surface area contributed by atoms with Crippen LogP contribution >= 0.6 is 22.7 Å². The van der Waals surface area contributed by atoms with Crippen molar-refractivity contribution in [1.82, 2.24) is 19.5 Å². The summed E-state index contributed by atoms with van der Waals surface area (Å²) in [6.07, 6.45) is 0. The Bertz CT molecular complexity index is 3470. The maximum atomic E-state index is 5.38. The maximum absolute atomic E-state index is 5.38. The van der Waals surface area contributed by atoms with Gasteiger partial charge in [-0.25, -0.2) is 15.0 Å². The largest absolute Gasteiger partial charge is 0.309 e. The first-order chi connectivity index (χ1) is 28.2. The minimum atomic E-state index is 0.647. The molecule has 0 aliphatic rings. The van der Waals surface area contributed by atoms with Crippen LogP contribution in [0.15, 0.2) is 182 Å². The summed E-state index contributed by atoms with van der Waals surface area (Å²) >= 11 is 3.62. The first kappa shape index (κ1) is 32.3. The van der Waals surface area contributed by atoms with Gasteiger partial charge in [0.15, 0.2) is 17.5 Å². The highest BCUT2D eigenvalue weighted by molar-refractivity contribution is 7.26. The van der Waals surface area contributed by atoms with Crippen molar-refractivity contribution in [2.45, 2.75) is 0 Å². The third kappa shape index (κ3) is 5.22. The molecule has 0 atom stereocenters. The Morgan fingerprint density at radius 3 is 1.60 bits per heavy atom. The molecule has 0 saturated carbocycles. The smallest absolute Gasteiger partial charge is 0.165 e. The molecular formula is C51H30N4S2. The van der Waals surface area contributed by atoms with Gasteiger partial charge in [-0.15, -0.1) is 22.7 Å². The molecular weight excluding hydrogens is 733 g/mol. The van der Waals surface area contributed by atoms with E-state index in [4.69, 9.17) is 15.0 Å². The Kier molecular flexibility index (Phi) is 7.24. The Labute approximate surface area is 335 Å². The molecule has 0 radical (unpaired) electrons. The number of aromatic nitrogens is 4. The summed E-state index contributed by atoms with van der Waals surface area (Å²) in [5.74, 6) is 1.95. The SMILES string of the molecule is c1ccc(-c2ccc3sc4c(-c5nc(-c6ccccc6)nc(-c6ccc7sc8ccccc8c7c6)n5)cc(-n5c6ccccc6c6ccccc65)cc4c3c2)cc1. The molecule has 0 unspecified atom stereocenters. The predicted octanol–water partition coefficient (Wildman–Crippen LogP) is 14.4. The molecule has 4 heterocycles. The average molecular weight is 763 g/mol. The van der Waals surface area contributed by atoms with Crippen molar-refractivity contribution in [3.8, 4) is 51.0 Å². The van der Waals surface area contributed by atoms with Crippen LogP contribution in [0.3, 0.4) is 0 Å². The summed E-state index contributed by atoms with van der Waals surface area (Å²) in [7, 11) is 0. The van der Waals surface area contributed by atoms with Crippen LogP contribution in [0.4, 0.5) is 0 Å². The fraction of sp³-hybridized carbons (Fsp3) is 0. The Hall–Kier alpha value is -6.99. The van der Waals surface area contributed by atoms with Crippen molar-refractivity contribution in [3.63, 3.8) is 0 Å². The topological polar surface area (TPSA) is 43.6 Å². The van der Waals surface area contributed by atoms with Crippen LogP contribution in [0.25, 0.3) is 113 Å². The van der Waals surface area contributed by atoms with Gasteiger partial charge in [0.2, 0.25) is 0 Å². The number of hydrogen-bond acceptors (Lipinski definition) is 5. The summed E-state index contributed by atoms with van der Waals surface area (Å²) in [4.78, 5) is 15.9. The van der Waals surface area contributed by atoms with Gasteiger partial charge in [0.1, 0.15) is 0 Å². The van der Waals surface area contributed by atoms with E-state index in [-0.39, 0.29) is 0 Å². The summed E-state index contributed by atoms with van der Waals surface area (Å²) in [6.45, 7) is 0. The molecule has 8 aromatic carbocycles. The van der Waals surface area contributed by atoms with Crippen LogP contribution in [0.2, 0.25) is 0 Å². The summed E-state index contributed by atoms with van der Waals surface area (Å²) in [5, 5.41) is 7.30. The highest BCUT2D eigenvalue weighted by atomic mass is 32.1. The van der Waals surface area contributed by atoms with Crippen molar-refractivity contribution >= 4 is 84.8 Å². The molecule has 0 bridgehead atoms. The molecule has 12 aromatic rings. The first-order valence-corrected chi connectivity index (χ1v) is 20.6. The molecule has 0 spiro atoms. The van der Waals surface area contributed by atoms with Crippen LogP contribution < -0.4 is 0 Å². The van der Waals surface area contributed by atoms with E-state index in [1.165, 1.54) is 57.5 Å². The number of hydrogen-bond donors (Lipinski definition) is 0. The lowest BCUT2D eigenvalue weighted by Crippen LogP contribution is -2.01. The van der Waals surface area contributed by atoms with E-state index in [0.717, 1.165) is 38.1 Å². The van der Waals surface area contributed by atoms with Crippen molar-refractivity contribution in [2.75, 3.05) is 0 Å². The molecule has 4 aromatic heterocycles. The molecule has 0 amide bonds. The quantitative estimate of drug-likeness (QED) is 0.175. The van der Waals surface area contributed by atoms with Crippen LogP contribution in [0, 0.1) is 0 Å². The first-order valence-electron chi connectivity index (χ1n) is 19.0. The normalized spacial score (nSPS) is 11.9. The van der Waals surface area contributed by atoms with Crippen molar-refractivity contribution < 1.29 is 0 Å².